The third-order valence-electron chi connectivity index (χ3n) is 4.30. The van der Waals surface area contributed by atoms with Gasteiger partial charge in [0, 0.05) is 38.7 Å². The number of anilines is 1. The first-order valence-corrected chi connectivity index (χ1v) is 10.3. The molecule has 0 aromatic heterocycles. The monoisotopic (exact) mass is 382 g/mol. The van der Waals surface area contributed by atoms with Crippen molar-refractivity contribution in [1.82, 2.24) is 0 Å². The van der Waals surface area contributed by atoms with Gasteiger partial charge in [0.15, 0.2) is 6.10 Å². The maximum atomic E-state index is 11.9. The Hall–Kier alpha value is -1.39. The first-order chi connectivity index (χ1) is 12.8. The van der Waals surface area contributed by atoms with E-state index in [4.69, 9.17) is 5.11 Å². The highest BCUT2D eigenvalue weighted by Crippen LogP contribution is 2.20. The van der Waals surface area contributed by atoms with Crippen LogP contribution in [-0.4, -0.2) is 31.3 Å². The van der Waals surface area contributed by atoms with Crippen molar-refractivity contribution in [3.63, 3.8) is 0 Å². The third-order valence-corrected chi connectivity index (χ3v) is 4.30. The van der Waals surface area contributed by atoms with Crippen molar-refractivity contribution in [3.8, 4) is 0 Å². The van der Waals surface area contributed by atoms with E-state index in [1.54, 1.807) is 14.2 Å². The molecule has 4 heteroatoms. The van der Waals surface area contributed by atoms with Crippen LogP contribution in [0, 0.1) is 19.8 Å². The van der Waals surface area contributed by atoms with E-state index in [1.807, 2.05) is 39.0 Å². The lowest BCUT2D eigenvalue weighted by Gasteiger charge is -2.14. The number of para-hydroxylation sites is 1. The molecule has 0 aliphatic heterocycles. The molecule has 0 aliphatic carbocycles. The predicted octanol–water partition coefficient (Wildman–Crippen LogP) is 5.62. The van der Waals surface area contributed by atoms with Gasteiger partial charge in [-0.2, -0.15) is 0 Å². The average molecular weight is 383 g/mol. The van der Waals surface area contributed by atoms with Gasteiger partial charge < -0.3 is 15.2 Å². The summed E-state index contributed by atoms with van der Waals surface area (Å²) in [5, 5.41) is 10.3. The Labute approximate surface area is 167 Å². The standard InChI is InChI=1S/C14H21NO.C7H16O.C2H6O/c1-5-7-12(4)14(16)15-13-10(2)8-6-9-11(13)3;1-3-5-6-7(8)4-2;1-3-2/h6,8-9,12H,5,7H2,1-4H3,(H,15,16);7-8H,3-6H2,1-2H3;1-2H3/p+1. The molecule has 1 aromatic rings. The Kier molecular flexibility index (Phi) is 18.5. The lowest BCUT2D eigenvalue weighted by Crippen LogP contribution is -2.21. The van der Waals surface area contributed by atoms with Gasteiger partial charge in [-0.1, -0.05) is 58.7 Å². The highest BCUT2D eigenvalue weighted by molar-refractivity contribution is 5.93. The highest BCUT2D eigenvalue weighted by atomic mass is 16.4. The number of aryl methyl sites for hydroxylation is 2. The van der Waals surface area contributed by atoms with E-state index >= 15 is 0 Å². The molecule has 3 N–H and O–H groups in total. The first-order valence-electron chi connectivity index (χ1n) is 10.3. The summed E-state index contributed by atoms with van der Waals surface area (Å²) in [7, 11) is 3.25. The van der Waals surface area contributed by atoms with Crippen LogP contribution in [0.25, 0.3) is 0 Å². The number of carbonyl (C=O) groups is 1. The van der Waals surface area contributed by atoms with Gasteiger partial charge in [0.25, 0.3) is 0 Å². The molecule has 2 unspecified atom stereocenters. The first kappa shape index (κ1) is 27.8. The molecule has 0 spiro atoms. The summed E-state index contributed by atoms with van der Waals surface area (Å²) >= 11 is 0. The summed E-state index contributed by atoms with van der Waals surface area (Å²) < 4.78 is 4.25. The zero-order valence-corrected chi connectivity index (χ0v) is 18.9. The number of rotatable bonds is 8. The molecule has 0 radical (unpaired) electrons. The fraction of sp³-hybridized carbons (Fsp3) is 0.696. The fourth-order valence-electron chi connectivity index (χ4n) is 2.48. The normalized spacial score (nSPS) is 12.0. The second kappa shape index (κ2) is 18.0. The van der Waals surface area contributed by atoms with Crippen molar-refractivity contribution < 1.29 is 14.6 Å². The predicted molar refractivity (Wildman–Crippen MR) is 119 cm³/mol. The summed E-state index contributed by atoms with van der Waals surface area (Å²) in [6.07, 6.45) is 6.75. The zero-order chi connectivity index (χ0) is 21.2. The topological polar surface area (TPSA) is 61.2 Å². The minimum Gasteiger partial charge on any atom is -0.443 e. The Morgan fingerprint density at radius 3 is 2.00 bits per heavy atom. The summed E-state index contributed by atoms with van der Waals surface area (Å²) in [5.41, 5.74) is 3.21. The fourth-order valence-corrected chi connectivity index (χ4v) is 2.48. The van der Waals surface area contributed by atoms with E-state index in [9.17, 15) is 4.79 Å². The summed E-state index contributed by atoms with van der Waals surface area (Å²) in [6, 6.07) is 6.05. The molecule has 4 nitrogen and oxygen atoms in total. The second-order valence-corrected chi connectivity index (χ2v) is 7.10. The van der Waals surface area contributed by atoms with Gasteiger partial charge in [-0.05, 0) is 37.8 Å². The molecule has 0 saturated heterocycles. The van der Waals surface area contributed by atoms with Crippen molar-refractivity contribution in [2.75, 3.05) is 19.5 Å². The zero-order valence-electron chi connectivity index (χ0n) is 18.9. The Morgan fingerprint density at radius 1 is 1.07 bits per heavy atom. The number of unbranched alkanes of at least 4 members (excludes halogenated alkanes) is 1. The number of nitrogens with one attached hydrogen (secondary N) is 1. The summed E-state index contributed by atoms with van der Waals surface area (Å²) in [6.45, 7) is 12.4. The Balaban J connectivity index is 0. The third kappa shape index (κ3) is 14.3. The van der Waals surface area contributed by atoms with Crippen molar-refractivity contribution in [2.24, 2.45) is 5.92 Å². The van der Waals surface area contributed by atoms with Gasteiger partial charge in [0.05, 0.1) is 0 Å². The van der Waals surface area contributed by atoms with Gasteiger partial charge in [-0.3, -0.25) is 4.79 Å². The molecular formula is C23H44NO3+. The largest absolute Gasteiger partial charge is 0.443 e. The average Bonchev–Trinajstić information content (AvgIpc) is 2.64. The second-order valence-electron chi connectivity index (χ2n) is 7.10. The van der Waals surface area contributed by atoms with Gasteiger partial charge >= 0.3 is 0 Å². The number of amides is 1. The Morgan fingerprint density at radius 2 is 1.59 bits per heavy atom. The molecule has 0 aliphatic rings. The van der Waals surface area contributed by atoms with Crippen LogP contribution in [0.4, 0.5) is 5.69 Å². The maximum Gasteiger partial charge on any atom is 0.227 e. The van der Waals surface area contributed by atoms with Crippen molar-refractivity contribution >= 4 is 11.6 Å². The molecule has 0 heterocycles. The molecule has 0 fully saturated rings. The maximum absolute atomic E-state index is 11.9. The molecule has 0 bridgehead atoms. The van der Waals surface area contributed by atoms with Crippen molar-refractivity contribution in [1.29, 1.82) is 0 Å². The lowest BCUT2D eigenvalue weighted by atomic mass is 10.0. The van der Waals surface area contributed by atoms with Crippen LogP contribution in [0.3, 0.4) is 0 Å². The molecule has 158 valence electrons. The number of hydrogen-bond donors (Lipinski definition) is 1. The van der Waals surface area contributed by atoms with Crippen LogP contribution in [0.1, 0.15) is 77.3 Å². The molecule has 1 aromatic carbocycles. The molecule has 1 amide bonds. The number of carbonyl (C=O) groups excluding carboxylic acids is 1. The molecule has 0 saturated carbocycles. The van der Waals surface area contributed by atoms with Crippen molar-refractivity contribution in [3.05, 3.63) is 29.3 Å². The number of ether oxygens (including phenoxy) is 1. The number of hydrogen-bond acceptors (Lipinski definition) is 2. The van der Waals surface area contributed by atoms with Gasteiger partial charge in [-0.25, -0.2) is 0 Å². The quantitative estimate of drug-likeness (QED) is 0.593. The highest BCUT2D eigenvalue weighted by Gasteiger charge is 2.13. The van der Waals surface area contributed by atoms with Crippen molar-refractivity contribution in [2.45, 2.75) is 86.2 Å². The van der Waals surface area contributed by atoms with E-state index in [0.29, 0.717) is 0 Å². The molecular weight excluding hydrogens is 338 g/mol. The molecule has 27 heavy (non-hydrogen) atoms. The van der Waals surface area contributed by atoms with Gasteiger partial charge in [-0.15, -0.1) is 0 Å². The SMILES string of the molecule is CCCC(C)C(=O)Nc1c(C)cccc1C.CCCCC([OH2+])CC.COC. The van der Waals surface area contributed by atoms with Crippen LogP contribution < -0.4 is 5.32 Å². The molecule has 2 atom stereocenters. The van der Waals surface area contributed by atoms with Gasteiger partial charge in [0.2, 0.25) is 5.91 Å². The minimum absolute atomic E-state index is 0.0870. The van der Waals surface area contributed by atoms with Gasteiger partial charge in [0.1, 0.15) is 0 Å². The number of methoxy groups -OCH3 is 1. The number of benzene rings is 1. The van der Waals surface area contributed by atoms with Crippen LogP contribution in [0.5, 0.6) is 0 Å². The summed E-state index contributed by atoms with van der Waals surface area (Å²) in [5.74, 6) is 0.211. The van der Waals surface area contributed by atoms with Crippen LogP contribution in [-0.2, 0) is 9.53 Å². The molecule has 1 rings (SSSR count). The smallest absolute Gasteiger partial charge is 0.227 e. The van der Waals surface area contributed by atoms with E-state index in [-0.39, 0.29) is 17.9 Å². The van der Waals surface area contributed by atoms with E-state index in [2.05, 4.69) is 30.8 Å². The van der Waals surface area contributed by atoms with E-state index in [1.165, 1.54) is 12.8 Å². The Bertz CT molecular complexity index is 468. The minimum atomic E-state index is 0.0870. The van der Waals surface area contributed by atoms with Crippen LogP contribution >= 0.6 is 0 Å². The van der Waals surface area contributed by atoms with E-state index < -0.39 is 0 Å². The van der Waals surface area contributed by atoms with E-state index in [0.717, 1.165) is 42.5 Å². The lowest BCUT2D eigenvalue weighted by molar-refractivity contribution is -0.119. The summed E-state index contributed by atoms with van der Waals surface area (Å²) in [4.78, 5) is 11.9. The van der Waals surface area contributed by atoms with Crippen LogP contribution in [0.15, 0.2) is 18.2 Å². The van der Waals surface area contributed by atoms with Crippen LogP contribution in [0.2, 0.25) is 0 Å².